The van der Waals surface area contributed by atoms with E-state index in [0.717, 1.165) is 43.6 Å². The second-order valence-electron chi connectivity index (χ2n) is 7.70. The first-order valence-electron chi connectivity index (χ1n) is 10.2. The van der Waals surface area contributed by atoms with Gasteiger partial charge in [0.15, 0.2) is 5.78 Å². The first-order chi connectivity index (χ1) is 15.1. The minimum absolute atomic E-state index is 0.0972. The largest absolute Gasteiger partial charge is 0.306 e. The zero-order valence-electron chi connectivity index (χ0n) is 17.4. The summed E-state index contributed by atoms with van der Waals surface area (Å²) in [6, 6.07) is 22.2. The summed E-state index contributed by atoms with van der Waals surface area (Å²) >= 11 is 1.47. The lowest BCUT2D eigenvalue weighted by atomic mass is 10.0. The Kier molecular flexibility index (Phi) is 4.96. The smallest absolute Gasteiger partial charge is 0.179 e. The number of pyridine rings is 1. The van der Waals surface area contributed by atoms with Gasteiger partial charge < -0.3 is 4.40 Å². The maximum atomic E-state index is 13.1. The molecule has 2 aromatic carbocycles. The number of aryl methyl sites for hydroxylation is 2. The molecule has 5 rings (SSSR count). The SMILES string of the molecule is Cc1ccn2cc(-c3cccc(CC(=O)c4sc(-c5ccccc5)nc4C)c3)nc2c1. The summed E-state index contributed by atoms with van der Waals surface area (Å²) < 4.78 is 2.02. The summed E-state index contributed by atoms with van der Waals surface area (Å²) in [6.07, 6.45) is 4.39. The van der Waals surface area contributed by atoms with Gasteiger partial charge in [-0.1, -0.05) is 48.5 Å². The second-order valence-corrected chi connectivity index (χ2v) is 8.69. The fourth-order valence-corrected chi connectivity index (χ4v) is 4.70. The van der Waals surface area contributed by atoms with E-state index in [-0.39, 0.29) is 5.78 Å². The molecule has 5 aromatic rings. The van der Waals surface area contributed by atoms with E-state index in [0.29, 0.717) is 6.42 Å². The quantitative estimate of drug-likeness (QED) is 0.318. The van der Waals surface area contributed by atoms with Crippen LogP contribution in [0.4, 0.5) is 0 Å². The Morgan fingerprint density at radius 2 is 1.74 bits per heavy atom. The first kappa shape index (κ1) is 19.4. The van der Waals surface area contributed by atoms with Gasteiger partial charge in [0.05, 0.1) is 16.3 Å². The van der Waals surface area contributed by atoms with Gasteiger partial charge in [-0.2, -0.15) is 0 Å². The minimum Gasteiger partial charge on any atom is -0.306 e. The molecule has 5 heteroatoms. The number of carbonyl (C=O) groups excluding carboxylic acids is 1. The maximum Gasteiger partial charge on any atom is 0.179 e. The highest BCUT2D eigenvalue weighted by molar-refractivity contribution is 7.17. The van der Waals surface area contributed by atoms with Crippen LogP contribution in [0.15, 0.2) is 79.1 Å². The van der Waals surface area contributed by atoms with E-state index in [1.807, 2.05) is 72.2 Å². The van der Waals surface area contributed by atoms with Crippen LogP contribution in [-0.4, -0.2) is 20.2 Å². The molecule has 0 fully saturated rings. The molecular weight excluding hydrogens is 402 g/mol. The number of rotatable bonds is 5. The molecule has 0 aliphatic heterocycles. The molecule has 0 atom stereocenters. The van der Waals surface area contributed by atoms with Gasteiger partial charge in [0.2, 0.25) is 0 Å². The molecule has 0 radical (unpaired) electrons. The predicted octanol–water partition coefficient (Wildman–Crippen LogP) is 6.17. The van der Waals surface area contributed by atoms with Crippen molar-refractivity contribution in [3.05, 3.63) is 101 Å². The van der Waals surface area contributed by atoms with E-state index in [1.165, 1.54) is 16.9 Å². The van der Waals surface area contributed by atoms with Gasteiger partial charge in [-0.05, 0) is 43.2 Å². The molecule has 0 aliphatic rings. The molecule has 0 aliphatic carbocycles. The average molecular weight is 424 g/mol. The number of benzene rings is 2. The monoisotopic (exact) mass is 423 g/mol. The molecule has 152 valence electrons. The zero-order chi connectivity index (χ0) is 21.4. The highest BCUT2D eigenvalue weighted by atomic mass is 32.1. The highest BCUT2D eigenvalue weighted by Crippen LogP contribution is 2.29. The molecule has 31 heavy (non-hydrogen) atoms. The van der Waals surface area contributed by atoms with Gasteiger partial charge >= 0.3 is 0 Å². The molecule has 3 aromatic heterocycles. The van der Waals surface area contributed by atoms with Crippen molar-refractivity contribution in [2.24, 2.45) is 0 Å². The van der Waals surface area contributed by atoms with Crippen molar-refractivity contribution >= 4 is 22.8 Å². The van der Waals surface area contributed by atoms with Crippen LogP contribution in [0.25, 0.3) is 27.5 Å². The van der Waals surface area contributed by atoms with Gasteiger partial charge in [-0.3, -0.25) is 4.79 Å². The molecule has 3 heterocycles. The molecule has 4 nitrogen and oxygen atoms in total. The van der Waals surface area contributed by atoms with Gasteiger partial charge in [0.25, 0.3) is 0 Å². The third kappa shape index (κ3) is 3.92. The predicted molar refractivity (Wildman–Crippen MR) is 126 cm³/mol. The van der Waals surface area contributed by atoms with Crippen LogP contribution >= 0.6 is 11.3 Å². The van der Waals surface area contributed by atoms with Crippen molar-refractivity contribution in [1.82, 2.24) is 14.4 Å². The van der Waals surface area contributed by atoms with Crippen molar-refractivity contribution in [2.75, 3.05) is 0 Å². The standard InChI is InChI=1S/C26H21N3OS/c1-17-11-12-29-16-22(28-24(29)13-17)21-10-6-7-19(14-21)15-23(30)25-18(2)27-26(31-25)20-8-4-3-5-9-20/h3-14,16H,15H2,1-2H3. The lowest BCUT2D eigenvalue weighted by molar-refractivity contribution is 0.0996. The number of carbonyl (C=O) groups is 1. The minimum atomic E-state index is 0.0972. The molecular formula is C26H21N3OS. The molecule has 0 bridgehead atoms. The van der Waals surface area contributed by atoms with Crippen LogP contribution in [0.3, 0.4) is 0 Å². The Morgan fingerprint density at radius 1 is 0.935 bits per heavy atom. The van der Waals surface area contributed by atoms with Gasteiger partial charge in [0, 0.05) is 29.9 Å². The lowest BCUT2D eigenvalue weighted by Gasteiger charge is -2.03. The Hall–Kier alpha value is -3.57. The van der Waals surface area contributed by atoms with Gasteiger partial charge in [-0.25, -0.2) is 9.97 Å². The summed E-state index contributed by atoms with van der Waals surface area (Å²) in [7, 11) is 0. The summed E-state index contributed by atoms with van der Waals surface area (Å²) in [5.41, 5.74) is 6.83. The topological polar surface area (TPSA) is 47.3 Å². The number of aromatic nitrogens is 3. The highest BCUT2D eigenvalue weighted by Gasteiger charge is 2.17. The molecule has 0 N–H and O–H groups in total. The van der Waals surface area contributed by atoms with Gasteiger partial charge in [0.1, 0.15) is 10.7 Å². The third-order valence-electron chi connectivity index (χ3n) is 5.27. The van der Waals surface area contributed by atoms with Crippen LogP contribution in [-0.2, 0) is 6.42 Å². The second kappa shape index (κ2) is 7.93. The van der Waals surface area contributed by atoms with Crippen molar-refractivity contribution < 1.29 is 4.79 Å². The molecule has 0 saturated heterocycles. The zero-order valence-corrected chi connectivity index (χ0v) is 18.2. The van der Waals surface area contributed by atoms with Gasteiger partial charge in [-0.15, -0.1) is 11.3 Å². The summed E-state index contributed by atoms with van der Waals surface area (Å²) in [5, 5.41) is 0.884. The van der Waals surface area contributed by atoms with Crippen LogP contribution in [0.2, 0.25) is 0 Å². The fraction of sp³-hybridized carbons (Fsp3) is 0.115. The fourth-order valence-electron chi connectivity index (χ4n) is 3.69. The number of thiazole rings is 1. The Bertz CT molecular complexity index is 1400. The van der Waals surface area contributed by atoms with Crippen LogP contribution in [0.1, 0.15) is 26.5 Å². The number of Topliss-reactive ketones (excluding diaryl/α,β-unsaturated/α-hetero) is 1. The number of fused-ring (bicyclic) bond motifs is 1. The number of imidazole rings is 1. The van der Waals surface area contributed by atoms with E-state index in [2.05, 4.69) is 30.1 Å². The summed E-state index contributed by atoms with van der Waals surface area (Å²) in [5.74, 6) is 0.0972. The Balaban J connectivity index is 1.40. The van der Waals surface area contributed by atoms with Crippen LogP contribution in [0.5, 0.6) is 0 Å². The molecule has 0 amide bonds. The van der Waals surface area contributed by atoms with Crippen molar-refractivity contribution in [3.63, 3.8) is 0 Å². The maximum absolute atomic E-state index is 13.1. The summed E-state index contributed by atoms with van der Waals surface area (Å²) in [6.45, 7) is 3.97. The number of ketones is 1. The van der Waals surface area contributed by atoms with Crippen LogP contribution < -0.4 is 0 Å². The first-order valence-corrected chi connectivity index (χ1v) is 11.0. The van der Waals surface area contributed by atoms with Crippen LogP contribution in [0, 0.1) is 13.8 Å². The van der Waals surface area contributed by atoms with E-state index in [9.17, 15) is 4.79 Å². The van der Waals surface area contributed by atoms with Crippen molar-refractivity contribution in [1.29, 1.82) is 0 Å². The van der Waals surface area contributed by atoms with Crippen molar-refractivity contribution in [3.8, 4) is 21.8 Å². The Morgan fingerprint density at radius 3 is 2.58 bits per heavy atom. The third-order valence-corrected chi connectivity index (χ3v) is 6.52. The van der Waals surface area contributed by atoms with E-state index in [4.69, 9.17) is 4.98 Å². The lowest BCUT2D eigenvalue weighted by Crippen LogP contribution is -2.03. The normalized spacial score (nSPS) is 11.2. The number of hydrogen-bond acceptors (Lipinski definition) is 4. The number of hydrogen-bond donors (Lipinski definition) is 0. The summed E-state index contributed by atoms with van der Waals surface area (Å²) in [4.78, 5) is 23.2. The van der Waals surface area contributed by atoms with Crippen molar-refractivity contribution in [2.45, 2.75) is 20.3 Å². The van der Waals surface area contributed by atoms with E-state index >= 15 is 0 Å². The van der Waals surface area contributed by atoms with E-state index in [1.54, 1.807) is 0 Å². The molecule has 0 unspecified atom stereocenters. The van der Waals surface area contributed by atoms with E-state index < -0.39 is 0 Å². The molecule has 0 spiro atoms. The Labute approximate surface area is 184 Å². The average Bonchev–Trinajstić information content (AvgIpc) is 3.38. The molecule has 0 saturated carbocycles. The number of nitrogens with zero attached hydrogens (tertiary/aromatic N) is 3.